The number of nitrogens with two attached hydrogens (primary N) is 1. The van der Waals surface area contributed by atoms with Crippen LogP contribution in [0, 0.1) is 17.8 Å². The van der Waals surface area contributed by atoms with Gasteiger partial charge in [-0.05, 0) is 31.8 Å². The van der Waals surface area contributed by atoms with Crippen molar-refractivity contribution in [1.29, 1.82) is 0 Å². The molecule has 3 atom stereocenters. The summed E-state index contributed by atoms with van der Waals surface area (Å²) in [7, 11) is 2.05. The molecular formula is C11H22N2O2. The van der Waals surface area contributed by atoms with Crippen LogP contribution in [0.15, 0.2) is 0 Å². The topological polar surface area (TPSA) is 66.6 Å². The van der Waals surface area contributed by atoms with Gasteiger partial charge in [-0.2, -0.15) is 0 Å². The zero-order valence-electron chi connectivity index (χ0n) is 9.81. The lowest BCUT2D eigenvalue weighted by Gasteiger charge is -2.28. The van der Waals surface area contributed by atoms with E-state index in [-0.39, 0.29) is 12.0 Å². The predicted molar refractivity (Wildman–Crippen MR) is 59.5 cm³/mol. The first-order valence-corrected chi connectivity index (χ1v) is 5.60. The molecule has 0 bridgehead atoms. The molecule has 4 heteroatoms. The van der Waals surface area contributed by atoms with Crippen LogP contribution in [-0.4, -0.2) is 42.2 Å². The van der Waals surface area contributed by atoms with Gasteiger partial charge in [-0.25, -0.2) is 0 Å². The van der Waals surface area contributed by atoms with Crippen LogP contribution in [0.2, 0.25) is 0 Å². The smallest absolute Gasteiger partial charge is 0.308 e. The first kappa shape index (κ1) is 12.5. The van der Waals surface area contributed by atoms with E-state index in [0.717, 1.165) is 19.5 Å². The second-order valence-corrected chi connectivity index (χ2v) is 5.00. The molecule has 1 fully saturated rings. The van der Waals surface area contributed by atoms with Crippen LogP contribution >= 0.6 is 0 Å². The number of nitrogens with zero attached hydrogens (tertiary/aromatic N) is 1. The molecule has 0 amide bonds. The molecule has 0 radical (unpaired) electrons. The average Bonchev–Trinajstić information content (AvgIpc) is 2.50. The predicted octanol–water partition coefficient (Wildman–Crippen LogP) is 0.622. The Hall–Kier alpha value is -0.610. The average molecular weight is 214 g/mol. The fourth-order valence-electron chi connectivity index (χ4n) is 2.47. The summed E-state index contributed by atoms with van der Waals surface area (Å²) in [6.07, 6.45) is 1.02. The summed E-state index contributed by atoms with van der Waals surface area (Å²) in [5, 5.41) is 9.15. The number of hydrogen-bond donors (Lipinski definition) is 2. The first-order valence-electron chi connectivity index (χ1n) is 5.60. The third-order valence-electron chi connectivity index (χ3n) is 3.39. The minimum Gasteiger partial charge on any atom is -0.481 e. The summed E-state index contributed by atoms with van der Waals surface area (Å²) in [6.45, 7) is 5.81. The highest BCUT2D eigenvalue weighted by Gasteiger charge is 2.36. The Balaban J connectivity index is 2.64. The molecule has 4 nitrogen and oxygen atoms in total. The van der Waals surface area contributed by atoms with Crippen LogP contribution in [-0.2, 0) is 4.79 Å². The monoisotopic (exact) mass is 214 g/mol. The molecule has 1 rings (SSSR count). The molecule has 1 saturated heterocycles. The van der Waals surface area contributed by atoms with Gasteiger partial charge in [-0.3, -0.25) is 4.79 Å². The summed E-state index contributed by atoms with van der Waals surface area (Å²) >= 11 is 0. The Labute approximate surface area is 91.4 Å². The highest BCUT2D eigenvalue weighted by atomic mass is 16.4. The Morgan fingerprint density at radius 1 is 1.53 bits per heavy atom. The maximum absolute atomic E-state index is 11.1. The largest absolute Gasteiger partial charge is 0.481 e. The van der Waals surface area contributed by atoms with Crippen molar-refractivity contribution in [3.8, 4) is 0 Å². The lowest BCUT2D eigenvalue weighted by atomic mass is 9.81. The Bertz CT molecular complexity index is 231. The number of carbonyl (C=O) groups is 1. The Morgan fingerprint density at radius 3 is 2.47 bits per heavy atom. The molecule has 0 aromatic carbocycles. The molecular weight excluding hydrogens is 192 g/mol. The van der Waals surface area contributed by atoms with Crippen molar-refractivity contribution in [3.05, 3.63) is 0 Å². The van der Waals surface area contributed by atoms with Gasteiger partial charge in [0.15, 0.2) is 0 Å². The molecule has 0 aliphatic carbocycles. The molecule has 1 aliphatic rings. The van der Waals surface area contributed by atoms with E-state index in [4.69, 9.17) is 10.8 Å². The van der Waals surface area contributed by atoms with Gasteiger partial charge in [0.05, 0.1) is 5.92 Å². The molecule has 15 heavy (non-hydrogen) atoms. The van der Waals surface area contributed by atoms with E-state index in [1.807, 2.05) is 13.8 Å². The van der Waals surface area contributed by atoms with Gasteiger partial charge in [0, 0.05) is 12.6 Å². The van der Waals surface area contributed by atoms with Crippen LogP contribution in [0.5, 0.6) is 0 Å². The summed E-state index contributed by atoms with van der Waals surface area (Å²) in [5.41, 5.74) is 6.08. The van der Waals surface area contributed by atoms with Crippen LogP contribution in [0.4, 0.5) is 0 Å². The van der Waals surface area contributed by atoms with E-state index in [1.165, 1.54) is 0 Å². The van der Waals surface area contributed by atoms with Gasteiger partial charge in [-0.15, -0.1) is 0 Å². The number of carboxylic acid groups (broad SMARTS) is 1. The van der Waals surface area contributed by atoms with E-state index in [2.05, 4.69) is 11.9 Å². The van der Waals surface area contributed by atoms with Crippen molar-refractivity contribution in [1.82, 2.24) is 4.90 Å². The van der Waals surface area contributed by atoms with E-state index in [0.29, 0.717) is 5.92 Å². The van der Waals surface area contributed by atoms with Gasteiger partial charge in [-0.1, -0.05) is 13.8 Å². The zero-order chi connectivity index (χ0) is 11.6. The minimum atomic E-state index is -0.757. The summed E-state index contributed by atoms with van der Waals surface area (Å²) < 4.78 is 0. The fraction of sp³-hybridized carbons (Fsp3) is 0.909. The maximum atomic E-state index is 11.1. The summed E-state index contributed by atoms with van der Waals surface area (Å²) in [6, 6.07) is -0.215. The summed E-state index contributed by atoms with van der Waals surface area (Å²) in [4.78, 5) is 13.3. The first-order chi connectivity index (χ1) is 6.93. The Morgan fingerprint density at radius 2 is 2.13 bits per heavy atom. The van der Waals surface area contributed by atoms with Crippen molar-refractivity contribution < 1.29 is 9.90 Å². The van der Waals surface area contributed by atoms with Crippen molar-refractivity contribution in [2.75, 3.05) is 20.1 Å². The third-order valence-corrected chi connectivity index (χ3v) is 3.39. The molecule has 1 heterocycles. The normalized spacial score (nSPS) is 26.9. The van der Waals surface area contributed by atoms with E-state index in [1.54, 1.807) is 0 Å². The molecule has 88 valence electrons. The number of hydrogen-bond acceptors (Lipinski definition) is 3. The fourth-order valence-corrected chi connectivity index (χ4v) is 2.47. The number of aliphatic carboxylic acids is 1. The summed E-state index contributed by atoms with van der Waals surface area (Å²) in [5.74, 6) is -0.740. The SMILES string of the molecule is CC(C)C(C(=O)O)C(N)C1CCN(C)C1. The second-order valence-electron chi connectivity index (χ2n) is 5.00. The lowest BCUT2D eigenvalue weighted by molar-refractivity contribution is -0.144. The third kappa shape index (κ3) is 2.92. The Kier molecular flexibility index (Phi) is 4.11. The lowest BCUT2D eigenvalue weighted by Crippen LogP contribution is -2.44. The van der Waals surface area contributed by atoms with Crippen LogP contribution in [0.1, 0.15) is 20.3 Å². The number of rotatable bonds is 4. The van der Waals surface area contributed by atoms with Gasteiger partial charge in [0.2, 0.25) is 0 Å². The quantitative estimate of drug-likeness (QED) is 0.720. The number of likely N-dealkylation sites (tertiary alicyclic amines) is 1. The highest BCUT2D eigenvalue weighted by molar-refractivity contribution is 5.71. The molecule has 1 aliphatic heterocycles. The van der Waals surface area contributed by atoms with Crippen molar-refractivity contribution in [2.45, 2.75) is 26.3 Å². The molecule has 3 unspecified atom stereocenters. The van der Waals surface area contributed by atoms with Crippen LogP contribution < -0.4 is 5.73 Å². The van der Waals surface area contributed by atoms with Crippen LogP contribution in [0.25, 0.3) is 0 Å². The van der Waals surface area contributed by atoms with Gasteiger partial charge in [0.1, 0.15) is 0 Å². The molecule has 0 aromatic heterocycles. The van der Waals surface area contributed by atoms with Gasteiger partial charge in [0.25, 0.3) is 0 Å². The maximum Gasteiger partial charge on any atom is 0.308 e. The van der Waals surface area contributed by atoms with Crippen molar-refractivity contribution >= 4 is 5.97 Å². The van der Waals surface area contributed by atoms with E-state index in [9.17, 15) is 4.79 Å². The minimum absolute atomic E-state index is 0.100. The second kappa shape index (κ2) is 4.94. The molecule has 0 saturated carbocycles. The number of carboxylic acids is 1. The van der Waals surface area contributed by atoms with Crippen molar-refractivity contribution in [2.24, 2.45) is 23.5 Å². The standard InChI is InChI=1S/C11H22N2O2/c1-7(2)9(11(14)15)10(12)8-4-5-13(3)6-8/h7-10H,4-6,12H2,1-3H3,(H,14,15). The molecule has 0 spiro atoms. The van der Waals surface area contributed by atoms with E-state index < -0.39 is 11.9 Å². The van der Waals surface area contributed by atoms with Gasteiger partial charge < -0.3 is 15.7 Å². The van der Waals surface area contributed by atoms with Gasteiger partial charge >= 0.3 is 5.97 Å². The molecule has 3 N–H and O–H groups in total. The molecule has 0 aromatic rings. The highest BCUT2D eigenvalue weighted by Crippen LogP contribution is 2.26. The van der Waals surface area contributed by atoms with Crippen LogP contribution in [0.3, 0.4) is 0 Å². The zero-order valence-corrected chi connectivity index (χ0v) is 9.81. The van der Waals surface area contributed by atoms with E-state index >= 15 is 0 Å². The van der Waals surface area contributed by atoms with Crippen molar-refractivity contribution in [3.63, 3.8) is 0 Å².